The number of carbonyl (C=O) groups is 1. The van der Waals surface area contributed by atoms with Crippen molar-refractivity contribution in [2.75, 3.05) is 18.4 Å². The van der Waals surface area contributed by atoms with E-state index in [2.05, 4.69) is 10.3 Å². The smallest absolute Gasteiger partial charge is 0.293 e. The van der Waals surface area contributed by atoms with E-state index in [4.69, 9.17) is 4.42 Å². The van der Waals surface area contributed by atoms with E-state index in [9.17, 15) is 13.2 Å². The van der Waals surface area contributed by atoms with Crippen LogP contribution >= 0.6 is 11.3 Å². The third-order valence-electron chi connectivity index (χ3n) is 4.54. The lowest BCUT2D eigenvalue weighted by Gasteiger charge is -2.12. The number of hydrogen-bond acceptors (Lipinski definition) is 6. The molecule has 1 aliphatic heterocycles. The molecule has 1 N–H and O–H groups in total. The predicted molar refractivity (Wildman–Crippen MR) is 107 cm³/mol. The molecular formula is C19H19N3O4S2. The van der Waals surface area contributed by atoms with Gasteiger partial charge in [0.2, 0.25) is 5.09 Å². The van der Waals surface area contributed by atoms with Crippen molar-refractivity contribution in [3.63, 3.8) is 0 Å². The summed E-state index contributed by atoms with van der Waals surface area (Å²) in [6.07, 6.45) is 1.67. The fraction of sp³-hybridized carbons (Fsp3) is 0.263. The Morgan fingerprint density at radius 3 is 2.57 bits per heavy atom. The summed E-state index contributed by atoms with van der Waals surface area (Å²) in [5, 5.41) is 4.72. The Morgan fingerprint density at radius 1 is 1.14 bits per heavy atom. The number of thiazole rings is 1. The molecule has 2 aromatic heterocycles. The first-order valence-electron chi connectivity index (χ1n) is 8.87. The molecule has 9 heteroatoms. The van der Waals surface area contributed by atoms with Gasteiger partial charge in [0.15, 0.2) is 10.9 Å². The number of rotatable bonds is 5. The van der Waals surface area contributed by atoms with Crippen molar-refractivity contribution in [3.05, 3.63) is 53.1 Å². The molecule has 1 aliphatic rings. The van der Waals surface area contributed by atoms with E-state index in [0.29, 0.717) is 18.2 Å². The van der Waals surface area contributed by atoms with Crippen molar-refractivity contribution >= 4 is 32.4 Å². The number of amides is 1. The second kappa shape index (κ2) is 7.50. The van der Waals surface area contributed by atoms with E-state index >= 15 is 0 Å². The first kappa shape index (κ1) is 18.9. The van der Waals surface area contributed by atoms with Gasteiger partial charge in [0.1, 0.15) is 0 Å². The van der Waals surface area contributed by atoms with Crippen molar-refractivity contribution < 1.29 is 17.6 Å². The molecule has 1 amide bonds. The van der Waals surface area contributed by atoms with Crippen molar-refractivity contribution in [3.8, 4) is 11.3 Å². The van der Waals surface area contributed by atoms with Crippen LogP contribution < -0.4 is 5.32 Å². The van der Waals surface area contributed by atoms with Gasteiger partial charge in [-0.05, 0) is 31.9 Å². The predicted octanol–water partition coefficient (Wildman–Crippen LogP) is 3.75. The third kappa shape index (κ3) is 3.73. The molecule has 1 fully saturated rings. The molecule has 0 atom stereocenters. The summed E-state index contributed by atoms with van der Waals surface area (Å²) in [5.74, 6) is -0.600. The number of nitrogens with one attached hydrogen (secondary N) is 1. The Hall–Kier alpha value is -2.49. The normalized spacial score (nSPS) is 15.0. The molecule has 3 aromatic rings. The molecule has 0 radical (unpaired) electrons. The van der Waals surface area contributed by atoms with Gasteiger partial charge in [-0.3, -0.25) is 10.1 Å². The van der Waals surface area contributed by atoms with Gasteiger partial charge < -0.3 is 4.42 Å². The lowest BCUT2D eigenvalue weighted by molar-refractivity contribution is 0.0991. The zero-order valence-electron chi connectivity index (χ0n) is 15.2. The van der Waals surface area contributed by atoms with Gasteiger partial charge in [-0.15, -0.1) is 11.3 Å². The van der Waals surface area contributed by atoms with Crippen LogP contribution in [0.1, 0.15) is 29.0 Å². The molecule has 7 nitrogen and oxygen atoms in total. The van der Waals surface area contributed by atoms with Gasteiger partial charge >= 0.3 is 0 Å². The molecule has 1 saturated heterocycles. The Labute approximate surface area is 167 Å². The molecule has 0 spiro atoms. The van der Waals surface area contributed by atoms with Crippen molar-refractivity contribution in [1.82, 2.24) is 9.29 Å². The maximum atomic E-state index is 12.5. The highest BCUT2D eigenvalue weighted by molar-refractivity contribution is 7.89. The standard InChI is InChI=1S/C19H19N3O4S2/c1-13-4-6-14(7-5-13)15-12-27-19(20-15)21-18(23)16-8-9-17(26-16)28(24,25)22-10-2-3-11-22/h4-9,12H,2-3,10-11H2,1H3,(H,20,21,23). The second-order valence-electron chi connectivity index (χ2n) is 6.59. The van der Waals surface area contributed by atoms with E-state index < -0.39 is 15.9 Å². The number of sulfonamides is 1. The zero-order chi connectivity index (χ0) is 19.7. The van der Waals surface area contributed by atoms with Crippen LogP contribution in [0.5, 0.6) is 0 Å². The average Bonchev–Trinajstić information content (AvgIpc) is 3.43. The monoisotopic (exact) mass is 417 g/mol. The number of carbonyl (C=O) groups excluding carboxylic acids is 1. The highest BCUT2D eigenvalue weighted by Crippen LogP contribution is 2.26. The van der Waals surface area contributed by atoms with Crippen LogP contribution in [-0.2, 0) is 10.0 Å². The average molecular weight is 418 g/mol. The minimum atomic E-state index is -3.69. The zero-order valence-corrected chi connectivity index (χ0v) is 16.8. The number of anilines is 1. The van der Waals surface area contributed by atoms with Gasteiger partial charge in [0, 0.05) is 24.0 Å². The van der Waals surface area contributed by atoms with Gasteiger partial charge in [0.25, 0.3) is 15.9 Å². The van der Waals surface area contributed by atoms with Crippen LogP contribution in [0.15, 0.2) is 51.3 Å². The molecule has 0 unspecified atom stereocenters. The van der Waals surface area contributed by atoms with Gasteiger partial charge in [0.05, 0.1) is 5.69 Å². The summed E-state index contributed by atoms with van der Waals surface area (Å²) in [6.45, 7) is 2.97. The first-order chi connectivity index (χ1) is 13.4. The molecule has 0 saturated carbocycles. The Balaban J connectivity index is 1.47. The van der Waals surface area contributed by atoms with Crippen molar-refractivity contribution in [1.29, 1.82) is 0 Å². The number of nitrogens with zero attached hydrogens (tertiary/aromatic N) is 2. The molecular weight excluding hydrogens is 398 g/mol. The second-order valence-corrected chi connectivity index (χ2v) is 9.31. The fourth-order valence-corrected chi connectivity index (χ4v) is 5.13. The Kier molecular flexibility index (Phi) is 5.05. The summed E-state index contributed by atoms with van der Waals surface area (Å²) >= 11 is 1.29. The van der Waals surface area contributed by atoms with E-state index in [1.165, 1.54) is 27.8 Å². The molecule has 146 valence electrons. The molecule has 1 aromatic carbocycles. The molecule has 4 rings (SSSR count). The number of hydrogen-bond donors (Lipinski definition) is 1. The Morgan fingerprint density at radius 2 is 1.86 bits per heavy atom. The van der Waals surface area contributed by atoms with E-state index in [-0.39, 0.29) is 10.9 Å². The fourth-order valence-electron chi connectivity index (χ4n) is 2.98. The Bertz CT molecular complexity index is 1090. The van der Waals surface area contributed by atoms with E-state index in [0.717, 1.165) is 29.7 Å². The van der Waals surface area contributed by atoms with Crippen LogP contribution in [0.2, 0.25) is 0 Å². The van der Waals surface area contributed by atoms with E-state index in [1.54, 1.807) is 0 Å². The molecule has 0 aliphatic carbocycles. The summed E-state index contributed by atoms with van der Waals surface area (Å²) in [7, 11) is -3.69. The lowest BCUT2D eigenvalue weighted by Crippen LogP contribution is -2.27. The lowest BCUT2D eigenvalue weighted by atomic mass is 10.1. The largest absolute Gasteiger partial charge is 0.438 e. The van der Waals surface area contributed by atoms with Gasteiger partial charge in [-0.25, -0.2) is 13.4 Å². The van der Waals surface area contributed by atoms with Crippen LogP contribution in [0.3, 0.4) is 0 Å². The minimum Gasteiger partial charge on any atom is -0.438 e. The van der Waals surface area contributed by atoms with Crippen LogP contribution in [0, 0.1) is 6.92 Å². The van der Waals surface area contributed by atoms with Crippen molar-refractivity contribution in [2.45, 2.75) is 24.9 Å². The maximum absolute atomic E-state index is 12.5. The van der Waals surface area contributed by atoms with Crippen LogP contribution in [0.4, 0.5) is 5.13 Å². The topological polar surface area (TPSA) is 92.5 Å². The summed E-state index contributed by atoms with van der Waals surface area (Å²) in [6, 6.07) is 10.6. The highest BCUT2D eigenvalue weighted by atomic mass is 32.2. The third-order valence-corrected chi connectivity index (χ3v) is 7.07. The van der Waals surface area contributed by atoms with E-state index in [1.807, 2.05) is 36.6 Å². The summed E-state index contributed by atoms with van der Waals surface area (Å²) in [4.78, 5) is 16.8. The summed E-state index contributed by atoms with van der Waals surface area (Å²) in [5.41, 5.74) is 2.88. The summed E-state index contributed by atoms with van der Waals surface area (Å²) < 4.78 is 31.7. The molecule has 28 heavy (non-hydrogen) atoms. The number of aromatic nitrogens is 1. The van der Waals surface area contributed by atoms with Gasteiger partial charge in [-0.1, -0.05) is 29.8 Å². The number of benzene rings is 1. The number of aryl methyl sites for hydroxylation is 1. The van der Waals surface area contributed by atoms with Crippen molar-refractivity contribution in [2.24, 2.45) is 0 Å². The number of furan rings is 1. The van der Waals surface area contributed by atoms with Gasteiger partial charge in [-0.2, -0.15) is 4.31 Å². The van der Waals surface area contributed by atoms with Crippen LogP contribution in [-0.4, -0.2) is 36.7 Å². The molecule has 0 bridgehead atoms. The highest BCUT2D eigenvalue weighted by Gasteiger charge is 2.30. The van der Waals surface area contributed by atoms with Crippen LogP contribution in [0.25, 0.3) is 11.3 Å². The quantitative estimate of drug-likeness (QED) is 0.683. The SMILES string of the molecule is Cc1ccc(-c2csc(NC(=O)c3ccc(S(=O)(=O)N4CCCC4)o3)n2)cc1. The maximum Gasteiger partial charge on any atom is 0.293 e. The first-order valence-corrected chi connectivity index (χ1v) is 11.2. The molecule has 3 heterocycles. The minimum absolute atomic E-state index is 0.0649.